The van der Waals surface area contributed by atoms with Gasteiger partial charge in [0.15, 0.2) is 5.78 Å². The zero-order valence-electron chi connectivity index (χ0n) is 20.0. The summed E-state index contributed by atoms with van der Waals surface area (Å²) in [4.78, 5) is 17.7. The molecule has 0 N–H and O–H groups in total. The van der Waals surface area contributed by atoms with Crippen molar-refractivity contribution >= 4 is 5.78 Å². The number of nitrogens with zero attached hydrogens (tertiary/aromatic N) is 3. The van der Waals surface area contributed by atoms with E-state index < -0.39 is 17.0 Å². The molecule has 0 spiro atoms. The minimum Gasteiger partial charge on any atom is -0.294 e. The van der Waals surface area contributed by atoms with Gasteiger partial charge in [0.1, 0.15) is 11.6 Å². The highest BCUT2D eigenvalue weighted by Gasteiger charge is 2.65. The van der Waals surface area contributed by atoms with Gasteiger partial charge in [-0.15, -0.1) is 5.10 Å². The Kier molecular flexibility index (Phi) is 5.38. The van der Waals surface area contributed by atoms with Crippen molar-refractivity contribution in [1.82, 2.24) is 15.2 Å². The molecule has 0 aliphatic heterocycles. The quantitative estimate of drug-likeness (QED) is 0.386. The Morgan fingerprint density at radius 2 is 1.88 bits per heavy atom. The van der Waals surface area contributed by atoms with Crippen molar-refractivity contribution in [2.24, 2.45) is 11.3 Å². The Bertz CT molecular complexity index is 1270. The molecule has 0 radical (unpaired) electrons. The molecule has 2 aromatic heterocycles. The number of pyridine rings is 1. The number of aromatic nitrogens is 3. The fourth-order valence-corrected chi connectivity index (χ4v) is 6.17. The largest absolute Gasteiger partial charge is 0.294 e. The molecule has 176 valence electrons. The number of halogens is 2. The molecular weight excluding hydrogens is 432 g/mol. The Hall–Kier alpha value is -3.02. The lowest BCUT2D eigenvalue weighted by atomic mass is 9.66. The van der Waals surface area contributed by atoms with Crippen LogP contribution in [0, 0.1) is 23.0 Å². The number of hydrogen-bond donors (Lipinski definition) is 0. The number of hydrogen-bond acceptors (Lipinski definition) is 4. The molecule has 1 fully saturated rings. The lowest BCUT2D eigenvalue weighted by Gasteiger charge is -2.37. The molecule has 3 atom stereocenters. The highest BCUT2D eigenvalue weighted by molar-refractivity contribution is 5.96. The van der Waals surface area contributed by atoms with Crippen LogP contribution in [0.1, 0.15) is 86.6 Å². The molecule has 2 aliphatic carbocycles. The zero-order chi connectivity index (χ0) is 24.3. The van der Waals surface area contributed by atoms with Crippen LogP contribution in [-0.4, -0.2) is 21.0 Å². The standard InChI is InChI=1S/C28H29F2N3O/c1-5-16(2)13-23(34)17-10-12-31-24(14-17)28-11-9-19(27(28,3)4)18-15-22(32-33-26(18)28)25-20(29)7-6-8-21(25)30/h6-8,10,12,14-16,19H,5,9,11,13H2,1-4H3/t16-,19-,28-/m0/s1. The third-order valence-corrected chi connectivity index (χ3v) is 8.35. The van der Waals surface area contributed by atoms with Gasteiger partial charge in [0, 0.05) is 18.2 Å². The van der Waals surface area contributed by atoms with Gasteiger partial charge in [0.2, 0.25) is 0 Å². The SMILES string of the molecule is CC[C@H](C)CC(=O)c1ccnc([C@@]23CC[C@@H](c4cc(-c5c(F)cccc5F)nnc42)C3(C)C)c1. The Morgan fingerprint density at radius 1 is 1.15 bits per heavy atom. The number of rotatable bonds is 6. The van der Waals surface area contributed by atoms with Crippen LogP contribution < -0.4 is 0 Å². The Balaban J connectivity index is 1.62. The van der Waals surface area contributed by atoms with Crippen LogP contribution >= 0.6 is 0 Å². The molecule has 2 aliphatic rings. The van der Waals surface area contributed by atoms with E-state index in [1.165, 1.54) is 18.2 Å². The molecule has 1 aromatic carbocycles. The molecule has 1 saturated carbocycles. The Labute approximate surface area is 198 Å². The number of fused-ring (bicyclic) bond motifs is 5. The molecular formula is C28H29F2N3O. The summed E-state index contributed by atoms with van der Waals surface area (Å²) >= 11 is 0. The van der Waals surface area contributed by atoms with E-state index in [-0.39, 0.29) is 28.4 Å². The summed E-state index contributed by atoms with van der Waals surface area (Å²) in [6, 6.07) is 9.32. The molecule has 2 heterocycles. The first-order valence-electron chi connectivity index (χ1n) is 12.0. The van der Waals surface area contributed by atoms with Crippen molar-refractivity contribution in [2.75, 3.05) is 0 Å². The normalized spacial score (nSPS) is 23.1. The van der Waals surface area contributed by atoms with Crippen LogP contribution in [0.5, 0.6) is 0 Å². The molecule has 0 saturated heterocycles. The van der Waals surface area contributed by atoms with Gasteiger partial charge in [-0.3, -0.25) is 9.78 Å². The predicted molar refractivity (Wildman–Crippen MR) is 127 cm³/mol. The van der Waals surface area contributed by atoms with Crippen molar-refractivity contribution < 1.29 is 13.6 Å². The predicted octanol–water partition coefficient (Wildman–Crippen LogP) is 6.64. The fourth-order valence-electron chi connectivity index (χ4n) is 6.17. The first-order chi connectivity index (χ1) is 16.2. The second-order valence-corrected chi connectivity index (χ2v) is 10.4. The van der Waals surface area contributed by atoms with E-state index in [2.05, 4.69) is 37.9 Å². The van der Waals surface area contributed by atoms with Gasteiger partial charge in [-0.1, -0.05) is 40.2 Å². The fraction of sp³-hybridized carbons (Fsp3) is 0.429. The van der Waals surface area contributed by atoms with E-state index in [4.69, 9.17) is 4.98 Å². The minimum atomic E-state index is -0.652. The van der Waals surface area contributed by atoms with Crippen LogP contribution in [0.2, 0.25) is 0 Å². The minimum absolute atomic E-state index is 0.122. The second kappa shape index (κ2) is 8.03. The molecule has 6 heteroatoms. The van der Waals surface area contributed by atoms with Gasteiger partial charge >= 0.3 is 0 Å². The van der Waals surface area contributed by atoms with E-state index in [9.17, 15) is 13.6 Å². The van der Waals surface area contributed by atoms with E-state index >= 15 is 0 Å². The van der Waals surface area contributed by atoms with Gasteiger partial charge < -0.3 is 0 Å². The summed E-state index contributed by atoms with van der Waals surface area (Å²) in [6.07, 6.45) is 4.93. The van der Waals surface area contributed by atoms with E-state index in [0.29, 0.717) is 17.9 Å². The van der Waals surface area contributed by atoms with Crippen LogP contribution in [0.15, 0.2) is 42.6 Å². The third-order valence-electron chi connectivity index (χ3n) is 8.35. The van der Waals surface area contributed by atoms with Crippen molar-refractivity contribution in [3.8, 4) is 11.3 Å². The van der Waals surface area contributed by atoms with Crippen molar-refractivity contribution in [1.29, 1.82) is 0 Å². The maximum atomic E-state index is 14.5. The number of benzene rings is 1. The summed E-state index contributed by atoms with van der Waals surface area (Å²) in [7, 11) is 0. The van der Waals surface area contributed by atoms with E-state index in [1.807, 2.05) is 6.07 Å². The number of carbonyl (C=O) groups excluding carboxylic acids is 1. The smallest absolute Gasteiger partial charge is 0.163 e. The van der Waals surface area contributed by atoms with Crippen LogP contribution in [-0.2, 0) is 5.41 Å². The van der Waals surface area contributed by atoms with Gasteiger partial charge in [-0.05, 0) is 66.0 Å². The summed E-state index contributed by atoms with van der Waals surface area (Å²) < 4.78 is 28.9. The van der Waals surface area contributed by atoms with E-state index in [1.54, 1.807) is 18.3 Å². The summed E-state index contributed by atoms with van der Waals surface area (Å²) in [5.41, 5.74) is 2.61. The molecule has 4 nitrogen and oxygen atoms in total. The van der Waals surface area contributed by atoms with Crippen LogP contribution in [0.4, 0.5) is 8.78 Å². The van der Waals surface area contributed by atoms with Crippen molar-refractivity contribution in [3.05, 3.63) is 76.7 Å². The van der Waals surface area contributed by atoms with Crippen LogP contribution in [0.25, 0.3) is 11.3 Å². The molecule has 2 bridgehead atoms. The van der Waals surface area contributed by atoms with Crippen molar-refractivity contribution in [2.45, 2.75) is 64.7 Å². The lowest BCUT2D eigenvalue weighted by Crippen LogP contribution is -2.38. The maximum Gasteiger partial charge on any atom is 0.163 e. The zero-order valence-corrected chi connectivity index (χ0v) is 20.0. The third kappa shape index (κ3) is 3.14. The molecule has 5 rings (SSSR count). The van der Waals surface area contributed by atoms with E-state index in [0.717, 1.165) is 36.2 Å². The van der Waals surface area contributed by atoms with Gasteiger partial charge in [-0.2, -0.15) is 5.10 Å². The number of Topliss-reactive ketones (excluding diaryl/α,β-unsaturated/α-hetero) is 1. The molecule has 0 unspecified atom stereocenters. The summed E-state index contributed by atoms with van der Waals surface area (Å²) in [5, 5.41) is 8.85. The first-order valence-corrected chi connectivity index (χ1v) is 12.0. The highest BCUT2D eigenvalue weighted by Crippen LogP contribution is 2.69. The average Bonchev–Trinajstić information content (AvgIpc) is 3.20. The van der Waals surface area contributed by atoms with Crippen LogP contribution in [0.3, 0.4) is 0 Å². The Morgan fingerprint density at radius 3 is 2.59 bits per heavy atom. The maximum absolute atomic E-state index is 14.5. The monoisotopic (exact) mass is 461 g/mol. The topological polar surface area (TPSA) is 55.7 Å². The first kappa shape index (κ1) is 22.8. The number of carbonyl (C=O) groups is 1. The molecule has 3 aromatic rings. The number of ketones is 1. The second-order valence-electron chi connectivity index (χ2n) is 10.4. The lowest BCUT2D eigenvalue weighted by molar-refractivity contribution is 0.0963. The summed E-state index contributed by atoms with van der Waals surface area (Å²) in [6.45, 7) is 8.57. The van der Waals surface area contributed by atoms with Crippen molar-refractivity contribution in [3.63, 3.8) is 0 Å². The summed E-state index contributed by atoms with van der Waals surface area (Å²) in [5.74, 6) is -0.699. The molecule has 34 heavy (non-hydrogen) atoms. The average molecular weight is 462 g/mol. The van der Waals surface area contributed by atoms with Gasteiger partial charge in [0.25, 0.3) is 0 Å². The highest BCUT2D eigenvalue weighted by atomic mass is 19.1. The molecule has 0 amide bonds. The van der Waals surface area contributed by atoms with Gasteiger partial charge in [0.05, 0.1) is 28.1 Å². The van der Waals surface area contributed by atoms with Gasteiger partial charge in [-0.25, -0.2) is 8.78 Å².